The summed E-state index contributed by atoms with van der Waals surface area (Å²) in [4.78, 5) is 6.52. The zero-order valence-corrected chi connectivity index (χ0v) is 18.9. The highest BCUT2D eigenvalue weighted by molar-refractivity contribution is 7.27. The molecule has 0 saturated carbocycles. The van der Waals surface area contributed by atoms with Gasteiger partial charge in [-0.2, -0.15) is 21.0 Å². The van der Waals surface area contributed by atoms with Crippen molar-refractivity contribution in [2.75, 3.05) is 0 Å². The standard InChI is InChI=1S/C26H11N5OS2/c27-11-15(12-28)7-18-2-5-23(32-18)17-1-4-20-21(9-17)31-22-10-25(34-26(20)22)24-6-3-19(33-24)8-16(13-29)14-30/h1-10,31H. The van der Waals surface area contributed by atoms with Crippen molar-refractivity contribution >= 4 is 55.9 Å². The number of H-pyrrole nitrogens is 1. The highest BCUT2D eigenvalue weighted by Crippen LogP contribution is 2.41. The van der Waals surface area contributed by atoms with E-state index in [0.717, 1.165) is 41.3 Å². The van der Waals surface area contributed by atoms with Crippen molar-refractivity contribution in [3.05, 3.63) is 70.3 Å². The molecule has 0 aliphatic heterocycles. The molecule has 0 spiro atoms. The van der Waals surface area contributed by atoms with Crippen molar-refractivity contribution in [3.63, 3.8) is 0 Å². The number of furan rings is 1. The van der Waals surface area contributed by atoms with E-state index in [1.165, 1.54) is 17.4 Å². The lowest BCUT2D eigenvalue weighted by atomic mass is 10.1. The van der Waals surface area contributed by atoms with Gasteiger partial charge in [-0.15, -0.1) is 22.7 Å². The third-order valence-electron chi connectivity index (χ3n) is 5.10. The van der Waals surface area contributed by atoms with E-state index < -0.39 is 0 Å². The van der Waals surface area contributed by atoms with Crippen molar-refractivity contribution in [3.8, 4) is 45.4 Å². The molecule has 4 aromatic heterocycles. The molecule has 8 heteroatoms. The quantitative estimate of drug-likeness (QED) is 0.276. The van der Waals surface area contributed by atoms with Crippen LogP contribution < -0.4 is 0 Å². The fourth-order valence-electron chi connectivity index (χ4n) is 3.56. The first-order valence-corrected chi connectivity index (χ1v) is 11.5. The van der Waals surface area contributed by atoms with Crippen LogP contribution in [-0.2, 0) is 0 Å². The van der Waals surface area contributed by atoms with Crippen LogP contribution in [0.2, 0.25) is 0 Å². The minimum absolute atomic E-state index is 0.0128. The lowest BCUT2D eigenvalue weighted by Gasteiger charge is -1.98. The Balaban J connectivity index is 1.47. The smallest absolute Gasteiger partial charge is 0.134 e. The normalized spacial score (nSPS) is 10.2. The van der Waals surface area contributed by atoms with Crippen LogP contribution in [-0.4, -0.2) is 4.98 Å². The minimum Gasteiger partial charge on any atom is -0.457 e. The maximum Gasteiger partial charge on any atom is 0.134 e. The second-order valence-corrected chi connectivity index (χ2v) is 9.37. The second-order valence-electron chi connectivity index (χ2n) is 7.21. The lowest BCUT2D eigenvalue weighted by Crippen LogP contribution is -1.75. The fraction of sp³-hybridized carbons (Fsp3) is 0. The summed E-state index contributed by atoms with van der Waals surface area (Å²) in [6.07, 6.45) is 3.02. The van der Waals surface area contributed by atoms with Gasteiger partial charge < -0.3 is 9.40 Å². The van der Waals surface area contributed by atoms with Gasteiger partial charge in [0.2, 0.25) is 0 Å². The van der Waals surface area contributed by atoms with E-state index in [1.54, 1.807) is 23.5 Å². The molecule has 5 rings (SSSR count). The van der Waals surface area contributed by atoms with E-state index in [1.807, 2.05) is 60.7 Å². The summed E-state index contributed by atoms with van der Waals surface area (Å²) >= 11 is 3.22. The van der Waals surface area contributed by atoms with E-state index >= 15 is 0 Å². The van der Waals surface area contributed by atoms with E-state index in [2.05, 4.69) is 11.1 Å². The Labute approximate surface area is 201 Å². The molecule has 0 bridgehead atoms. The van der Waals surface area contributed by atoms with Gasteiger partial charge >= 0.3 is 0 Å². The molecule has 0 aliphatic carbocycles. The second kappa shape index (κ2) is 8.58. The van der Waals surface area contributed by atoms with Crippen molar-refractivity contribution in [2.45, 2.75) is 0 Å². The Hall–Kier alpha value is -4.86. The van der Waals surface area contributed by atoms with Crippen molar-refractivity contribution < 1.29 is 4.42 Å². The van der Waals surface area contributed by atoms with Crippen LogP contribution >= 0.6 is 22.7 Å². The zero-order valence-electron chi connectivity index (χ0n) is 17.3. The minimum atomic E-state index is -0.0128. The molecular weight excluding hydrogens is 462 g/mol. The molecule has 5 aromatic rings. The summed E-state index contributed by atoms with van der Waals surface area (Å²) in [7, 11) is 0. The first kappa shape index (κ1) is 21.0. The van der Waals surface area contributed by atoms with Crippen LogP contribution in [0.5, 0.6) is 0 Å². The summed E-state index contributed by atoms with van der Waals surface area (Å²) in [6, 6.07) is 23.0. The van der Waals surface area contributed by atoms with Gasteiger partial charge in [0.05, 0.1) is 10.2 Å². The van der Waals surface area contributed by atoms with E-state index in [9.17, 15) is 0 Å². The van der Waals surface area contributed by atoms with E-state index in [-0.39, 0.29) is 11.1 Å². The summed E-state index contributed by atoms with van der Waals surface area (Å²) < 4.78 is 6.94. The predicted molar refractivity (Wildman–Crippen MR) is 133 cm³/mol. The lowest BCUT2D eigenvalue weighted by molar-refractivity contribution is 0.571. The van der Waals surface area contributed by atoms with Crippen molar-refractivity contribution in [1.29, 1.82) is 21.0 Å². The Morgan fingerprint density at radius 3 is 2.29 bits per heavy atom. The summed E-state index contributed by atoms with van der Waals surface area (Å²) in [5.41, 5.74) is 2.97. The fourth-order valence-corrected chi connectivity index (χ4v) is 5.75. The van der Waals surface area contributed by atoms with Crippen LogP contribution in [0.1, 0.15) is 10.6 Å². The molecule has 0 unspecified atom stereocenters. The number of nitriles is 4. The maximum absolute atomic E-state index is 8.96. The number of nitrogens with zero attached hydrogens (tertiary/aromatic N) is 4. The van der Waals surface area contributed by atoms with Gasteiger partial charge in [-0.25, -0.2) is 0 Å². The van der Waals surface area contributed by atoms with Gasteiger partial charge in [-0.05, 0) is 42.5 Å². The molecule has 0 amide bonds. The molecule has 0 saturated heterocycles. The van der Waals surface area contributed by atoms with Crippen LogP contribution in [0, 0.1) is 45.3 Å². The number of rotatable bonds is 4. The number of hydrogen-bond acceptors (Lipinski definition) is 7. The average Bonchev–Trinajstić information content (AvgIpc) is 3.64. The highest BCUT2D eigenvalue weighted by Gasteiger charge is 2.13. The maximum atomic E-state index is 8.96. The Bertz CT molecular complexity index is 1700. The summed E-state index contributed by atoms with van der Waals surface area (Å²) in [5.74, 6) is 1.10. The average molecular weight is 474 g/mol. The van der Waals surface area contributed by atoms with E-state index in [0.29, 0.717) is 11.5 Å². The molecule has 0 radical (unpaired) electrons. The number of thiophene rings is 2. The first-order valence-electron chi connectivity index (χ1n) is 9.91. The summed E-state index contributed by atoms with van der Waals surface area (Å²) in [6.45, 7) is 0. The Morgan fingerprint density at radius 2 is 1.53 bits per heavy atom. The van der Waals surface area contributed by atoms with Gasteiger partial charge in [-0.1, -0.05) is 12.1 Å². The molecular formula is C26H11N5OS2. The number of hydrogen-bond donors (Lipinski definition) is 1. The largest absolute Gasteiger partial charge is 0.457 e. The van der Waals surface area contributed by atoms with Gasteiger partial charge in [0.25, 0.3) is 0 Å². The van der Waals surface area contributed by atoms with Gasteiger partial charge in [0.15, 0.2) is 0 Å². The van der Waals surface area contributed by atoms with Crippen molar-refractivity contribution in [2.24, 2.45) is 0 Å². The molecule has 0 atom stereocenters. The number of nitrogens with one attached hydrogen (secondary N) is 1. The molecule has 6 nitrogen and oxygen atoms in total. The van der Waals surface area contributed by atoms with E-state index in [4.69, 9.17) is 25.5 Å². The van der Waals surface area contributed by atoms with Crippen molar-refractivity contribution in [1.82, 2.24) is 4.98 Å². The van der Waals surface area contributed by atoms with Crippen LogP contribution in [0.3, 0.4) is 0 Å². The zero-order chi connectivity index (χ0) is 23.7. The molecule has 1 aromatic carbocycles. The molecule has 0 fully saturated rings. The van der Waals surface area contributed by atoms with Gasteiger partial charge in [-0.3, -0.25) is 0 Å². The first-order chi connectivity index (χ1) is 16.6. The number of fused-ring (bicyclic) bond motifs is 3. The summed E-state index contributed by atoms with van der Waals surface area (Å²) in [5, 5.41) is 36.9. The Morgan fingerprint density at radius 1 is 0.765 bits per heavy atom. The highest BCUT2D eigenvalue weighted by atomic mass is 32.1. The molecule has 0 aliphatic rings. The Kier molecular flexibility index (Phi) is 5.30. The predicted octanol–water partition coefficient (Wildman–Crippen LogP) is 7.23. The third kappa shape index (κ3) is 3.77. The number of aromatic nitrogens is 1. The van der Waals surface area contributed by atoms with Gasteiger partial charge in [0, 0.05) is 37.2 Å². The molecule has 1 N–H and O–H groups in total. The molecule has 4 heterocycles. The topological polar surface area (TPSA) is 124 Å². The van der Waals surface area contributed by atoms with Crippen LogP contribution in [0.4, 0.5) is 0 Å². The number of benzene rings is 1. The van der Waals surface area contributed by atoms with Crippen LogP contribution in [0.25, 0.3) is 54.3 Å². The third-order valence-corrected chi connectivity index (χ3v) is 7.50. The van der Waals surface area contributed by atoms with Gasteiger partial charge in [0.1, 0.15) is 46.9 Å². The molecule has 158 valence electrons. The SMILES string of the molecule is N#CC(C#N)=Cc1ccc(-c2ccc3c(c2)[nH]c2cc(-c4ccc(C=C(C#N)C#N)s4)sc23)o1. The van der Waals surface area contributed by atoms with Crippen LogP contribution in [0.15, 0.2) is 64.1 Å². The number of aromatic amines is 1. The monoisotopic (exact) mass is 473 g/mol. The number of allylic oxidation sites excluding steroid dienone is 2. The molecule has 34 heavy (non-hydrogen) atoms.